The first-order valence-electron chi connectivity index (χ1n) is 11.0. The molecule has 10 heteroatoms. The second-order valence-corrected chi connectivity index (χ2v) is 9.56. The molecule has 1 saturated heterocycles. The minimum absolute atomic E-state index is 0.0679. The summed E-state index contributed by atoms with van der Waals surface area (Å²) >= 11 is 12.8. The van der Waals surface area contributed by atoms with Crippen molar-refractivity contribution < 1.29 is 9.63 Å². The zero-order valence-electron chi connectivity index (χ0n) is 17.8. The fourth-order valence-corrected chi connectivity index (χ4v) is 5.13. The molecule has 0 radical (unpaired) electrons. The first-order valence-corrected chi connectivity index (χ1v) is 11.8. The number of hydrogen-bond donors (Lipinski definition) is 3. The molecule has 4 N–H and O–H groups in total. The minimum atomic E-state index is -0.0779. The van der Waals surface area contributed by atoms with Crippen LogP contribution in [-0.4, -0.2) is 72.6 Å². The quantitative estimate of drug-likeness (QED) is 0.537. The molecule has 1 amide bonds. The van der Waals surface area contributed by atoms with Gasteiger partial charge in [0.05, 0.1) is 23.0 Å². The van der Waals surface area contributed by atoms with Crippen LogP contribution in [0.1, 0.15) is 18.4 Å². The van der Waals surface area contributed by atoms with Crippen molar-refractivity contribution in [1.29, 1.82) is 0 Å². The number of fused-ring (bicyclic) bond motifs is 1. The van der Waals surface area contributed by atoms with Crippen LogP contribution in [0.3, 0.4) is 0 Å². The number of nitrogens with one attached hydrogen (secondary N) is 2. The lowest BCUT2D eigenvalue weighted by Crippen LogP contribution is -2.51. The van der Waals surface area contributed by atoms with Gasteiger partial charge < -0.3 is 20.4 Å². The highest BCUT2D eigenvalue weighted by Gasteiger charge is 2.38. The van der Waals surface area contributed by atoms with Gasteiger partial charge in [0.15, 0.2) is 0 Å². The van der Waals surface area contributed by atoms with Gasteiger partial charge >= 0.3 is 0 Å². The van der Waals surface area contributed by atoms with Crippen LogP contribution in [0.5, 0.6) is 0 Å². The summed E-state index contributed by atoms with van der Waals surface area (Å²) in [7, 11) is 0. The molecule has 0 bridgehead atoms. The van der Waals surface area contributed by atoms with Crippen LogP contribution in [0.25, 0.3) is 5.70 Å². The van der Waals surface area contributed by atoms with E-state index in [1.165, 1.54) is 24.2 Å². The fourth-order valence-electron chi connectivity index (χ4n) is 4.62. The zero-order valence-corrected chi connectivity index (χ0v) is 19.3. The molecule has 1 aromatic rings. The number of carbonyl (C=O) groups is 1. The van der Waals surface area contributed by atoms with Gasteiger partial charge in [-0.05, 0) is 31.0 Å². The molecular formula is C22H28Cl2N6O2. The van der Waals surface area contributed by atoms with Gasteiger partial charge in [-0.25, -0.2) is 5.90 Å². The Morgan fingerprint density at radius 1 is 1.19 bits per heavy atom. The Hall–Kier alpha value is -1.97. The second kappa shape index (κ2) is 9.11. The maximum absolute atomic E-state index is 12.1. The topological polar surface area (TPSA) is 86.1 Å². The van der Waals surface area contributed by atoms with E-state index in [1.807, 2.05) is 12.1 Å². The van der Waals surface area contributed by atoms with E-state index in [1.54, 1.807) is 11.0 Å². The summed E-state index contributed by atoms with van der Waals surface area (Å²) in [6.45, 7) is 4.42. The third-order valence-electron chi connectivity index (χ3n) is 6.55. The van der Waals surface area contributed by atoms with E-state index in [9.17, 15) is 4.79 Å². The van der Waals surface area contributed by atoms with E-state index in [4.69, 9.17) is 29.1 Å². The highest BCUT2D eigenvalue weighted by Crippen LogP contribution is 2.40. The van der Waals surface area contributed by atoms with Gasteiger partial charge in [-0.3, -0.25) is 14.5 Å². The number of hydrogen-bond acceptors (Lipinski definition) is 7. The number of halogens is 2. The molecular weight excluding hydrogens is 451 g/mol. The molecule has 1 unspecified atom stereocenters. The first-order chi connectivity index (χ1) is 15.5. The molecule has 1 aromatic carbocycles. The Morgan fingerprint density at radius 2 is 1.97 bits per heavy atom. The van der Waals surface area contributed by atoms with Gasteiger partial charge in [-0.15, -0.1) is 0 Å². The van der Waals surface area contributed by atoms with Crippen molar-refractivity contribution >= 4 is 34.8 Å². The number of carbonyl (C=O) groups excluding carboxylic acids is 1. The van der Waals surface area contributed by atoms with Crippen molar-refractivity contribution in [3.8, 4) is 0 Å². The number of nitrogens with two attached hydrogens (primary N) is 1. The Kier molecular flexibility index (Phi) is 6.22. The van der Waals surface area contributed by atoms with E-state index in [2.05, 4.69) is 31.5 Å². The smallest absolute Gasteiger partial charge is 0.250 e. The highest BCUT2D eigenvalue weighted by molar-refractivity contribution is 6.35. The number of amides is 1. The predicted molar refractivity (Wildman–Crippen MR) is 124 cm³/mol. The summed E-state index contributed by atoms with van der Waals surface area (Å²) in [5.74, 6) is 5.64. The average Bonchev–Trinajstić information content (AvgIpc) is 3.58. The van der Waals surface area contributed by atoms with Crippen molar-refractivity contribution in [3.05, 3.63) is 51.4 Å². The molecule has 172 valence electrons. The van der Waals surface area contributed by atoms with Crippen LogP contribution in [-0.2, 0) is 9.63 Å². The molecule has 1 saturated carbocycles. The summed E-state index contributed by atoms with van der Waals surface area (Å²) in [6, 6.07) is 5.64. The molecule has 1 aliphatic carbocycles. The van der Waals surface area contributed by atoms with Gasteiger partial charge in [0, 0.05) is 61.1 Å². The molecule has 3 aliphatic heterocycles. The van der Waals surface area contributed by atoms with Crippen molar-refractivity contribution in [2.24, 2.45) is 11.8 Å². The van der Waals surface area contributed by atoms with Crippen LogP contribution in [0.4, 0.5) is 0 Å². The van der Waals surface area contributed by atoms with E-state index < -0.39 is 0 Å². The lowest BCUT2D eigenvalue weighted by Gasteiger charge is -2.37. The van der Waals surface area contributed by atoms with E-state index in [0.717, 1.165) is 37.4 Å². The Morgan fingerprint density at radius 3 is 2.66 bits per heavy atom. The maximum atomic E-state index is 12.1. The Bertz CT molecular complexity index is 956. The first kappa shape index (κ1) is 21.9. The van der Waals surface area contributed by atoms with Crippen molar-refractivity contribution in [1.82, 2.24) is 25.3 Å². The molecule has 5 rings (SSSR count). The lowest BCUT2D eigenvalue weighted by atomic mass is 10.1. The SMILES string of the molecule is NOCC(=O)N1CCN(CC2=C(c3ccc(Cl)cc3Cl)NC3CNC(C4CC4)=CN23)CC1. The number of nitrogens with zero attached hydrogens (tertiary/aromatic N) is 3. The number of benzene rings is 1. The van der Waals surface area contributed by atoms with Crippen molar-refractivity contribution in [2.75, 3.05) is 45.9 Å². The zero-order chi connectivity index (χ0) is 22.2. The molecule has 4 aliphatic rings. The van der Waals surface area contributed by atoms with Gasteiger partial charge in [-0.2, -0.15) is 0 Å². The number of piperazine rings is 1. The van der Waals surface area contributed by atoms with Gasteiger partial charge in [0.1, 0.15) is 12.8 Å². The molecule has 3 heterocycles. The fraction of sp³-hybridized carbons (Fsp3) is 0.500. The van der Waals surface area contributed by atoms with Gasteiger partial charge in [0.25, 0.3) is 5.91 Å². The molecule has 0 spiro atoms. The van der Waals surface area contributed by atoms with Crippen LogP contribution in [0, 0.1) is 5.92 Å². The molecule has 32 heavy (non-hydrogen) atoms. The number of allylic oxidation sites excluding steroid dienone is 1. The lowest BCUT2D eigenvalue weighted by molar-refractivity contribution is -0.138. The summed E-state index contributed by atoms with van der Waals surface area (Å²) in [6.07, 6.45) is 4.91. The van der Waals surface area contributed by atoms with Gasteiger partial charge in [0.2, 0.25) is 0 Å². The summed E-state index contributed by atoms with van der Waals surface area (Å²) in [4.78, 5) is 23.1. The van der Waals surface area contributed by atoms with Crippen molar-refractivity contribution in [2.45, 2.75) is 19.0 Å². The second-order valence-electron chi connectivity index (χ2n) is 8.72. The van der Waals surface area contributed by atoms with Crippen LogP contribution in [0.15, 0.2) is 35.8 Å². The van der Waals surface area contributed by atoms with E-state index in [-0.39, 0.29) is 18.7 Å². The molecule has 1 atom stereocenters. The van der Waals surface area contributed by atoms with E-state index in [0.29, 0.717) is 29.1 Å². The minimum Gasteiger partial charge on any atom is -0.383 e. The number of rotatable bonds is 6. The molecule has 2 fully saturated rings. The summed E-state index contributed by atoms with van der Waals surface area (Å²) in [5, 5.41) is 8.54. The standard InChI is InChI=1S/C22H28Cl2N6O2/c23-15-3-4-16(17(24)9-15)22-19(12-28-5-7-29(8-6-28)21(31)13-32-25)30-11-18(14-1-2-14)26-10-20(30)27-22/h3-4,9,11,14,20,26-27H,1-2,5-8,10,12-13,25H2. The van der Waals surface area contributed by atoms with Crippen LogP contribution < -0.4 is 16.5 Å². The summed E-state index contributed by atoms with van der Waals surface area (Å²) in [5.41, 5.74) is 4.52. The molecule has 8 nitrogen and oxygen atoms in total. The average molecular weight is 479 g/mol. The monoisotopic (exact) mass is 478 g/mol. The van der Waals surface area contributed by atoms with Gasteiger partial charge in [-0.1, -0.05) is 23.2 Å². The predicted octanol–water partition coefficient (Wildman–Crippen LogP) is 1.78. The van der Waals surface area contributed by atoms with E-state index >= 15 is 0 Å². The highest BCUT2D eigenvalue weighted by atomic mass is 35.5. The third-order valence-corrected chi connectivity index (χ3v) is 7.10. The normalized spacial score (nSPS) is 23.6. The Labute approximate surface area is 197 Å². The van der Waals surface area contributed by atoms with Crippen LogP contribution >= 0.6 is 23.2 Å². The molecule has 0 aromatic heterocycles. The largest absolute Gasteiger partial charge is 0.383 e. The Balaban J connectivity index is 1.40. The van der Waals surface area contributed by atoms with Crippen LogP contribution in [0.2, 0.25) is 10.0 Å². The summed E-state index contributed by atoms with van der Waals surface area (Å²) < 4.78 is 0. The third kappa shape index (κ3) is 4.43. The maximum Gasteiger partial charge on any atom is 0.250 e. The van der Waals surface area contributed by atoms with Crippen molar-refractivity contribution in [3.63, 3.8) is 0 Å².